The van der Waals surface area contributed by atoms with Crippen molar-refractivity contribution in [3.05, 3.63) is 48.7 Å². The van der Waals surface area contributed by atoms with E-state index in [1.165, 1.54) is 41.6 Å². The number of aryl methyl sites for hydroxylation is 1. The maximum atomic E-state index is 12.6. The lowest BCUT2D eigenvalue weighted by Gasteiger charge is -2.06. The Morgan fingerprint density at radius 2 is 1.87 bits per heavy atom. The number of hydrogen-bond acceptors (Lipinski definition) is 6. The molecule has 0 amide bonds. The van der Waals surface area contributed by atoms with Crippen molar-refractivity contribution >= 4 is 20.7 Å². The number of aromatic hydroxyl groups is 1. The van der Waals surface area contributed by atoms with Crippen LogP contribution < -0.4 is 0 Å². The molecule has 8 nitrogen and oxygen atoms in total. The van der Waals surface area contributed by atoms with Gasteiger partial charge in [-0.2, -0.15) is 18.3 Å². The molecule has 4 heterocycles. The first-order valence-electron chi connectivity index (χ1n) is 8.89. The molecule has 0 aliphatic rings. The zero-order valence-corrected chi connectivity index (χ0v) is 17.1. The predicted molar refractivity (Wildman–Crippen MR) is 106 cm³/mol. The van der Waals surface area contributed by atoms with Crippen molar-refractivity contribution < 1.29 is 26.7 Å². The molecule has 31 heavy (non-hydrogen) atoms. The van der Waals surface area contributed by atoms with Crippen molar-refractivity contribution in [2.24, 2.45) is 0 Å². The third-order valence-electron chi connectivity index (χ3n) is 4.62. The van der Waals surface area contributed by atoms with Crippen LogP contribution >= 0.6 is 0 Å². The summed E-state index contributed by atoms with van der Waals surface area (Å²) in [5.74, 6) is -0.193. The van der Waals surface area contributed by atoms with Crippen LogP contribution in [-0.4, -0.2) is 50.3 Å². The fraction of sp³-hybridized carbons (Fsp3) is 0.211. The fourth-order valence-electron chi connectivity index (χ4n) is 3.24. The van der Waals surface area contributed by atoms with Gasteiger partial charge in [-0.05, 0) is 24.6 Å². The Labute approximate surface area is 174 Å². The van der Waals surface area contributed by atoms with Crippen LogP contribution in [0, 0.1) is 6.92 Å². The molecule has 4 aromatic heterocycles. The molecule has 162 valence electrons. The van der Waals surface area contributed by atoms with Crippen molar-refractivity contribution in [2.45, 2.75) is 24.5 Å². The van der Waals surface area contributed by atoms with Crippen molar-refractivity contribution in [3.63, 3.8) is 0 Å². The van der Waals surface area contributed by atoms with Crippen molar-refractivity contribution in [2.75, 3.05) is 6.26 Å². The van der Waals surface area contributed by atoms with E-state index in [9.17, 15) is 26.7 Å². The molecule has 0 bridgehead atoms. The highest BCUT2D eigenvalue weighted by Gasteiger charge is 2.28. The van der Waals surface area contributed by atoms with Gasteiger partial charge in [0.2, 0.25) is 5.88 Å². The summed E-state index contributed by atoms with van der Waals surface area (Å²) in [6.07, 6.45) is 3.22. The van der Waals surface area contributed by atoms with Gasteiger partial charge in [-0.1, -0.05) is 0 Å². The summed E-state index contributed by atoms with van der Waals surface area (Å²) in [6.45, 7) is 0.484. The molecule has 0 aromatic carbocycles. The summed E-state index contributed by atoms with van der Waals surface area (Å²) < 4.78 is 63.4. The zero-order valence-electron chi connectivity index (χ0n) is 16.3. The fourth-order valence-corrected chi connectivity index (χ4v) is 3.83. The third kappa shape index (κ3) is 4.10. The summed E-state index contributed by atoms with van der Waals surface area (Å²) in [5, 5.41) is 14.8. The minimum absolute atomic E-state index is 0.0436. The molecular weight excluding hydrogens is 435 g/mol. The average molecular weight is 451 g/mol. The van der Waals surface area contributed by atoms with Crippen LogP contribution in [0.4, 0.5) is 13.2 Å². The largest absolute Gasteiger partial charge is 0.494 e. The summed E-state index contributed by atoms with van der Waals surface area (Å²) >= 11 is 0. The summed E-state index contributed by atoms with van der Waals surface area (Å²) in [4.78, 5) is 8.49. The molecule has 0 aliphatic heterocycles. The van der Waals surface area contributed by atoms with Gasteiger partial charge in [0, 0.05) is 36.6 Å². The monoisotopic (exact) mass is 451 g/mol. The van der Waals surface area contributed by atoms with E-state index in [2.05, 4.69) is 15.1 Å². The lowest BCUT2D eigenvalue weighted by atomic mass is 10.1. The van der Waals surface area contributed by atoms with Gasteiger partial charge in [-0.3, -0.25) is 14.2 Å². The van der Waals surface area contributed by atoms with E-state index in [4.69, 9.17) is 0 Å². The van der Waals surface area contributed by atoms with E-state index < -0.39 is 22.6 Å². The van der Waals surface area contributed by atoms with Gasteiger partial charge in [-0.15, -0.1) is 0 Å². The number of aromatic nitrogens is 5. The molecule has 0 unspecified atom stereocenters. The van der Waals surface area contributed by atoms with E-state index >= 15 is 0 Å². The zero-order chi connectivity index (χ0) is 22.6. The number of halogens is 3. The van der Waals surface area contributed by atoms with Gasteiger partial charge in [0.25, 0.3) is 0 Å². The first-order chi connectivity index (χ1) is 14.4. The number of nitrogens with zero attached hydrogens (tertiary/aromatic N) is 5. The maximum absolute atomic E-state index is 12.6. The second kappa shape index (κ2) is 7.08. The minimum Gasteiger partial charge on any atom is -0.494 e. The first kappa shape index (κ1) is 20.8. The standard InChI is InChI=1S/C19H16F3N5O3S/c1-11-3-15(12-4-14(7-23-5-12)31(2,29)30)25-16-9-27(18(28)17(11)16)13-6-24-26(8-13)10-19(20,21)22/h3-9,28H,10H2,1-2H3. The lowest BCUT2D eigenvalue weighted by Crippen LogP contribution is -2.17. The van der Waals surface area contributed by atoms with E-state index in [0.29, 0.717) is 27.7 Å². The van der Waals surface area contributed by atoms with Gasteiger partial charge in [0.05, 0.1) is 33.4 Å². The molecule has 4 rings (SSSR count). The van der Waals surface area contributed by atoms with Crippen molar-refractivity contribution in [1.29, 1.82) is 0 Å². The number of sulfone groups is 1. The molecule has 0 radical (unpaired) electrons. The molecular formula is C19H16F3N5O3S. The number of pyridine rings is 2. The van der Waals surface area contributed by atoms with Crippen LogP contribution in [0.2, 0.25) is 0 Å². The van der Waals surface area contributed by atoms with E-state index in [1.807, 2.05) is 0 Å². The molecule has 0 fully saturated rings. The van der Waals surface area contributed by atoms with Crippen LogP contribution in [0.25, 0.3) is 27.8 Å². The Bertz CT molecular complexity index is 1410. The molecule has 12 heteroatoms. The molecule has 1 N–H and O–H groups in total. The lowest BCUT2D eigenvalue weighted by molar-refractivity contribution is -0.142. The first-order valence-corrected chi connectivity index (χ1v) is 10.8. The summed E-state index contributed by atoms with van der Waals surface area (Å²) in [7, 11) is -3.46. The van der Waals surface area contributed by atoms with E-state index in [-0.39, 0.29) is 16.5 Å². The topological polar surface area (TPSA) is 103 Å². The Balaban J connectivity index is 1.80. The second-order valence-corrected chi connectivity index (χ2v) is 9.12. The smallest absolute Gasteiger partial charge is 0.408 e. The van der Waals surface area contributed by atoms with Gasteiger partial charge in [0.15, 0.2) is 9.84 Å². The highest BCUT2D eigenvalue weighted by molar-refractivity contribution is 7.90. The Hall–Kier alpha value is -3.41. The number of hydrogen-bond donors (Lipinski definition) is 1. The minimum atomic E-state index is -4.42. The van der Waals surface area contributed by atoms with Gasteiger partial charge < -0.3 is 5.11 Å². The molecule has 0 aliphatic carbocycles. The second-order valence-electron chi connectivity index (χ2n) is 7.10. The normalized spacial score (nSPS) is 12.5. The van der Waals surface area contributed by atoms with Crippen molar-refractivity contribution in [1.82, 2.24) is 24.3 Å². The summed E-state index contributed by atoms with van der Waals surface area (Å²) in [5.41, 5.74) is 2.16. The Morgan fingerprint density at radius 1 is 1.13 bits per heavy atom. The molecule has 0 spiro atoms. The highest BCUT2D eigenvalue weighted by Crippen LogP contribution is 2.34. The SMILES string of the molecule is Cc1cc(-c2cncc(S(C)(=O)=O)c2)nc2cn(-c3cnn(CC(F)(F)F)c3)c(O)c12. The third-order valence-corrected chi connectivity index (χ3v) is 5.70. The molecule has 4 aromatic rings. The maximum Gasteiger partial charge on any atom is 0.408 e. The number of fused-ring (bicyclic) bond motifs is 1. The van der Waals surface area contributed by atoms with Crippen LogP contribution in [0.5, 0.6) is 5.88 Å². The van der Waals surface area contributed by atoms with E-state index in [1.54, 1.807) is 13.0 Å². The predicted octanol–water partition coefficient (Wildman–Crippen LogP) is 3.26. The van der Waals surface area contributed by atoms with Crippen LogP contribution in [0.15, 0.2) is 48.0 Å². The van der Waals surface area contributed by atoms with Gasteiger partial charge in [0.1, 0.15) is 6.54 Å². The Morgan fingerprint density at radius 3 is 2.55 bits per heavy atom. The summed E-state index contributed by atoms with van der Waals surface area (Å²) in [6, 6.07) is 3.12. The van der Waals surface area contributed by atoms with Crippen LogP contribution in [0.3, 0.4) is 0 Å². The Kier molecular flexibility index (Phi) is 4.76. The highest BCUT2D eigenvalue weighted by atomic mass is 32.2. The quantitative estimate of drug-likeness (QED) is 0.511. The number of alkyl halides is 3. The molecule has 0 saturated heterocycles. The van der Waals surface area contributed by atoms with Gasteiger partial charge in [-0.25, -0.2) is 13.4 Å². The molecule has 0 saturated carbocycles. The van der Waals surface area contributed by atoms with Crippen LogP contribution in [-0.2, 0) is 16.4 Å². The van der Waals surface area contributed by atoms with E-state index in [0.717, 1.165) is 10.9 Å². The number of rotatable bonds is 4. The van der Waals surface area contributed by atoms with Crippen LogP contribution in [0.1, 0.15) is 5.56 Å². The molecule has 0 atom stereocenters. The van der Waals surface area contributed by atoms with Crippen molar-refractivity contribution in [3.8, 4) is 22.8 Å². The van der Waals surface area contributed by atoms with Gasteiger partial charge >= 0.3 is 6.18 Å². The average Bonchev–Trinajstić information content (AvgIpc) is 3.24.